The summed E-state index contributed by atoms with van der Waals surface area (Å²) in [5, 5.41) is 8.87. The first-order valence-electron chi connectivity index (χ1n) is 6.65. The Morgan fingerprint density at radius 3 is 2.37 bits per heavy atom. The van der Waals surface area contributed by atoms with Crippen molar-refractivity contribution in [2.24, 2.45) is 0 Å². The molecule has 0 unspecified atom stereocenters. The summed E-state index contributed by atoms with van der Waals surface area (Å²) in [5.74, 6) is -0.871. The normalized spacial score (nSPS) is 13.3. The summed E-state index contributed by atoms with van der Waals surface area (Å²) in [7, 11) is 0. The zero-order valence-corrected chi connectivity index (χ0v) is 10.7. The molecule has 1 N–H and O–H groups in total. The Kier molecular flexibility index (Phi) is 3.08. The van der Waals surface area contributed by atoms with Crippen LogP contribution in [0, 0.1) is 0 Å². The van der Waals surface area contributed by atoms with Crippen molar-refractivity contribution in [3.05, 3.63) is 70.3 Å². The lowest BCUT2D eigenvalue weighted by Gasteiger charge is -2.06. The number of carboxylic acids is 1. The first-order chi connectivity index (χ1) is 9.22. The van der Waals surface area contributed by atoms with Crippen LogP contribution in [0.3, 0.4) is 0 Å². The molecule has 1 aliphatic carbocycles. The van der Waals surface area contributed by atoms with Crippen molar-refractivity contribution in [2.75, 3.05) is 0 Å². The molecule has 19 heavy (non-hydrogen) atoms. The van der Waals surface area contributed by atoms with E-state index in [2.05, 4.69) is 18.2 Å². The first-order valence-corrected chi connectivity index (χ1v) is 6.65. The fourth-order valence-corrected chi connectivity index (χ4v) is 2.74. The minimum atomic E-state index is -0.871. The number of aromatic carboxylic acids is 1. The van der Waals surface area contributed by atoms with Gasteiger partial charge in [0.1, 0.15) is 0 Å². The third kappa shape index (κ3) is 2.53. The summed E-state index contributed by atoms with van der Waals surface area (Å²) in [6.07, 6.45) is 4.54. The quantitative estimate of drug-likeness (QED) is 0.908. The first kappa shape index (κ1) is 12.0. The number of hydrogen-bond acceptors (Lipinski definition) is 1. The Bertz CT molecular complexity index is 612. The molecule has 2 aromatic carbocycles. The third-order valence-electron chi connectivity index (χ3n) is 3.77. The standard InChI is InChI=1S/C17H16O2/c18-17(19)15-8-4-12(5-9-15)10-13-6-7-14-2-1-3-16(14)11-13/h4-9,11H,1-3,10H2,(H,18,19). The van der Waals surface area contributed by atoms with Gasteiger partial charge in [-0.1, -0.05) is 30.3 Å². The summed E-state index contributed by atoms with van der Waals surface area (Å²) in [4.78, 5) is 10.8. The molecule has 0 atom stereocenters. The molecular weight excluding hydrogens is 236 g/mol. The van der Waals surface area contributed by atoms with Crippen molar-refractivity contribution in [3.63, 3.8) is 0 Å². The molecule has 0 fully saturated rings. The number of aryl methyl sites for hydroxylation is 2. The lowest BCUT2D eigenvalue weighted by Crippen LogP contribution is -1.96. The number of rotatable bonds is 3. The molecule has 2 heteroatoms. The van der Waals surface area contributed by atoms with Gasteiger partial charge in [0.15, 0.2) is 0 Å². The molecule has 0 spiro atoms. The largest absolute Gasteiger partial charge is 0.478 e. The molecule has 96 valence electrons. The lowest BCUT2D eigenvalue weighted by molar-refractivity contribution is 0.0697. The molecule has 0 saturated heterocycles. The second-order valence-corrected chi connectivity index (χ2v) is 5.14. The minimum absolute atomic E-state index is 0.345. The summed E-state index contributed by atoms with van der Waals surface area (Å²) in [5.41, 5.74) is 5.79. The van der Waals surface area contributed by atoms with Crippen molar-refractivity contribution >= 4 is 5.97 Å². The smallest absolute Gasteiger partial charge is 0.335 e. The molecule has 0 amide bonds. The van der Waals surface area contributed by atoms with Crippen molar-refractivity contribution in [1.82, 2.24) is 0 Å². The highest BCUT2D eigenvalue weighted by Crippen LogP contribution is 2.24. The molecule has 1 aliphatic rings. The average molecular weight is 252 g/mol. The maximum Gasteiger partial charge on any atom is 0.335 e. The molecule has 2 aromatic rings. The van der Waals surface area contributed by atoms with Crippen LogP contribution in [0.15, 0.2) is 42.5 Å². The Hall–Kier alpha value is -2.09. The lowest BCUT2D eigenvalue weighted by atomic mass is 10.00. The van der Waals surface area contributed by atoms with Crippen LogP contribution < -0.4 is 0 Å². The van der Waals surface area contributed by atoms with Gasteiger partial charge in [0.2, 0.25) is 0 Å². The zero-order valence-electron chi connectivity index (χ0n) is 10.7. The highest BCUT2D eigenvalue weighted by Gasteiger charge is 2.11. The molecule has 0 heterocycles. The average Bonchev–Trinajstić information content (AvgIpc) is 2.87. The Balaban J connectivity index is 1.79. The van der Waals surface area contributed by atoms with Gasteiger partial charge >= 0.3 is 5.97 Å². The van der Waals surface area contributed by atoms with Crippen LogP contribution in [0.5, 0.6) is 0 Å². The van der Waals surface area contributed by atoms with Gasteiger partial charge in [0.25, 0.3) is 0 Å². The highest BCUT2D eigenvalue weighted by atomic mass is 16.4. The van der Waals surface area contributed by atoms with Gasteiger partial charge in [0, 0.05) is 0 Å². The van der Waals surface area contributed by atoms with Crippen molar-refractivity contribution in [1.29, 1.82) is 0 Å². The molecule has 0 radical (unpaired) electrons. The zero-order chi connectivity index (χ0) is 13.2. The van der Waals surface area contributed by atoms with Crippen LogP contribution >= 0.6 is 0 Å². The topological polar surface area (TPSA) is 37.3 Å². The van der Waals surface area contributed by atoms with Gasteiger partial charge < -0.3 is 5.11 Å². The van der Waals surface area contributed by atoms with E-state index in [0.29, 0.717) is 5.56 Å². The van der Waals surface area contributed by atoms with Gasteiger partial charge in [-0.3, -0.25) is 0 Å². The number of hydrogen-bond donors (Lipinski definition) is 1. The van der Waals surface area contributed by atoms with Gasteiger partial charge in [-0.2, -0.15) is 0 Å². The van der Waals surface area contributed by atoms with E-state index in [4.69, 9.17) is 5.11 Å². The maximum absolute atomic E-state index is 10.8. The molecule has 0 bridgehead atoms. The van der Waals surface area contributed by atoms with Crippen LogP contribution in [0.25, 0.3) is 0 Å². The highest BCUT2D eigenvalue weighted by molar-refractivity contribution is 5.87. The van der Waals surface area contributed by atoms with Crippen molar-refractivity contribution < 1.29 is 9.90 Å². The summed E-state index contributed by atoms with van der Waals surface area (Å²) in [6.45, 7) is 0. The van der Waals surface area contributed by atoms with Crippen molar-refractivity contribution in [3.8, 4) is 0 Å². The van der Waals surface area contributed by atoms with Crippen LogP contribution in [0.2, 0.25) is 0 Å². The Labute approximate surface area is 112 Å². The van der Waals surface area contributed by atoms with E-state index < -0.39 is 5.97 Å². The van der Waals surface area contributed by atoms with Gasteiger partial charge in [0.05, 0.1) is 5.56 Å². The van der Waals surface area contributed by atoms with Gasteiger partial charge in [-0.25, -0.2) is 4.79 Å². The van der Waals surface area contributed by atoms with Gasteiger partial charge in [-0.05, 0) is 60.1 Å². The molecule has 0 aliphatic heterocycles. The van der Waals surface area contributed by atoms with E-state index in [9.17, 15) is 4.79 Å². The van der Waals surface area contributed by atoms with E-state index in [0.717, 1.165) is 12.0 Å². The number of benzene rings is 2. The SMILES string of the molecule is O=C(O)c1ccc(Cc2ccc3c(c2)CCC3)cc1. The number of carboxylic acid groups (broad SMARTS) is 1. The van der Waals surface area contributed by atoms with Crippen molar-refractivity contribution in [2.45, 2.75) is 25.7 Å². The van der Waals surface area contributed by atoms with E-state index >= 15 is 0 Å². The molecule has 3 rings (SSSR count). The van der Waals surface area contributed by atoms with E-state index in [1.54, 1.807) is 12.1 Å². The number of carbonyl (C=O) groups is 1. The summed E-state index contributed by atoms with van der Waals surface area (Å²) >= 11 is 0. The predicted octanol–water partition coefficient (Wildman–Crippen LogP) is 3.46. The Morgan fingerprint density at radius 2 is 1.63 bits per heavy atom. The maximum atomic E-state index is 10.8. The predicted molar refractivity (Wildman–Crippen MR) is 74.7 cm³/mol. The van der Waals surface area contributed by atoms with Crippen LogP contribution in [0.1, 0.15) is 39.0 Å². The van der Waals surface area contributed by atoms with Crippen LogP contribution in [-0.2, 0) is 19.3 Å². The number of fused-ring (bicyclic) bond motifs is 1. The summed E-state index contributed by atoms with van der Waals surface area (Å²) in [6, 6.07) is 13.9. The second-order valence-electron chi connectivity index (χ2n) is 5.14. The molecule has 0 saturated carbocycles. The van der Waals surface area contributed by atoms with Gasteiger partial charge in [-0.15, -0.1) is 0 Å². The van der Waals surface area contributed by atoms with E-state index in [1.807, 2.05) is 12.1 Å². The Morgan fingerprint density at radius 1 is 0.947 bits per heavy atom. The van der Waals surface area contributed by atoms with Crippen LogP contribution in [0.4, 0.5) is 0 Å². The van der Waals surface area contributed by atoms with Crippen LogP contribution in [-0.4, -0.2) is 11.1 Å². The third-order valence-corrected chi connectivity index (χ3v) is 3.77. The van der Waals surface area contributed by atoms with E-state index in [1.165, 1.54) is 36.0 Å². The minimum Gasteiger partial charge on any atom is -0.478 e. The molecule has 0 aromatic heterocycles. The fourth-order valence-electron chi connectivity index (χ4n) is 2.74. The fraction of sp³-hybridized carbons (Fsp3) is 0.235. The second kappa shape index (κ2) is 4.88. The van der Waals surface area contributed by atoms with E-state index in [-0.39, 0.29) is 0 Å². The molecule has 2 nitrogen and oxygen atoms in total. The summed E-state index contributed by atoms with van der Waals surface area (Å²) < 4.78 is 0. The molecular formula is C17H16O2. The monoisotopic (exact) mass is 252 g/mol.